The number of aliphatic imine (C=N–C) groups is 1. The molecule has 0 aliphatic carbocycles. The normalized spacial score (nSPS) is 14.3. The number of rotatable bonds is 7. The average molecular weight is 508 g/mol. The highest BCUT2D eigenvalue weighted by atomic mass is 32.1. The van der Waals surface area contributed by atoms with Gasteiger partial charge in [-0.3, -0.25) is 4.99 Å². The number of nitrogens with two attached hydrogens (primary N) is 1. The molecule has 1 aromatic heterocycles. The van der Waals surface area contributed by atoms with Gasteiger partial charge in [0.1, 0.15) is 11.4 Å². The van der Waals surface area contributed by atoms with Crippen molar-refractivity contribution in [2.75, 3.05) is 11.9 Å². The Bertz CT molecular complexity index is 1330. The lowest BCUT2D eigenvalue weighted by molar-refractivity contribution is -0.138. The quantitative estimate of drug-likeness (QED) is 0.225. The lowest BCUT2D eigenvalue weighted by Crippen LogP contribution is -2.31. The minimum Gasteiger partial charge on any atom is -0.463 e. The van der Waals surface area contributed by atoms with Gasteiger partial charge in [0.05, 0.1) is 17.2 Å². The van der Waals surface area contributed by atoms with Gasteiger partial charge in [0.25, 0.3) is 0 Å². The highest BCUT2D eigenvalue weighted by molar-refractivity contribution is 7.13. The van der Waals surface area contributed by atoms with Crippen molar-refractivity contribution in [2.45, 2.75) is 25.4 Å². The maximum atomic E-state index is 13.0. The number of hydrogen-bond donors (Lipinski definition) is 2. The average Bonchev–Trinajstić information content (AvgIpc) is 3.25. The largest absolute Gasteiger partial charge is 0.463 e. The standard InChI is InChI=1S/C31H29N3O2S/c1-2-36-30(35)22-18-28-27(20-26(21-32)37-28)33-29(19-22)34-31(23-12-6-3-7-13-23,24-14-8-4-9-15-24)25-16-10-5-11-17-25/h3-18,20H,2,19,21,32H2,1H3,(H,33,34). The minimum atomic E-state index is -0.844. The molecule has 1 aliphatic heterocycles. The lowest BCUT2D eigenvalue weighted by Gasteiger charge is -2.33. The Morgan fingerprint density at radius 1 is 0.946 bits per heavy atom. The fraction of sp³-hybridized carbons (Fsp3) is 0.161. The zero-order chi connectivity index (χ0) is 25.7. The van der Waals surface area contributed by atoms with E-state index in [9.17, 15) is 4.79 Å². The van der Waals surface area contributed by atoms with Crippen molar-refractivity contribution in [3.05, 3.63) is 129 Å². The van der Waals surface area contributed by atoms with Gasteiger partial charge in [-0.2, -0.15) is 0 Å². The first-order valence-corrected chi connectivity index (χ1v) is 13.2. The number of carbonyl (C=O) groups excluding carboxylic acids is 1. The number of nitrogens with zero attached hydrogens (tertiary/aromatic N) is 1. The Hall–Kier alpha value is -4.00. The number of esters is 1. The molecule has 37 heavy (non-hydrogen) atoms. The molecule has 0 bridgehead atoms. The van der Waals surface area contributed by atoms with E-state index >= 15 is 0 Å². The first kappa shape index (κ1) is 24.7. The molecule has 186 valence electrons. The maximum absolute atomic E-state index is 13.0. The predicted octanol–water partition coefficient (Wildman–Crippen LogP) is 6.36. The van der Waals surface area contributed by atoms with E-state index in [0.29, 0.717) is 31.0 Å². The number of anilines is 1. The second-order valence-corrected chi connectivity index (χ2v) is 9.92. The Kier molecular flexibility index (Phi) is 7.30. The van der Waals surface area contributed by atoms with Crippen LogP contribution in [0.3, 0.4) is 0 Å². The molecular formula is C31H29N3O2S. The molecule has 6 heteroatoms. The van der Waals surface area contributed by atoms with E-state index in [4.69, 9.17) is 15.5 Å². The molecule has 5 nitrogen and oxygen atoms in total. The lowest BCUT2D eigenvalue weighted by atomic mass is 9.77. The van der Waals surface area contributed by atoms with Crippen LogP contribution in [-0.2, 0) is 21.6 Å². The summed E-state index contributed by atoms with van der Waals surface area (Å²) in [5, 5.41) is 3.55. The van der Waals surface area contributed by atoms with Crippen LogP contribution in [0.25, 0.3) is 6.08 Å². The molecular weight excluding hydrogens is 478 g/mol. The van der Waals surface area contributed by atoms with Crippen LogP contribution in [0.15, 0.2) is 108 Å². The molecule has 3 aromatic carbocycles. The van der Waals surface area contributed by atoms with Gasteiger partial charge in [-0.1, -0.05) is 91.0 Å². The summed E-state index contributed by atoms with van der Waals surface area (Å²) in [7, 11) is 0. The zero-order valence-electron chi connectivity index (χ0n) is 20.7. The number of nitrogens with one attached hydrogen (secondary N) is 1. The molecule has 5 rings (SSSR count). The summed E-state index contributed by atoms with van der Waals surface area (Å²) in [6, 6.07) is 32.9. The molecule has 2 heterocycles. The van der Waals surface area contributed by atoms with E-state index in [2.05, 4.69) is 41.7 Å². The first-order valence-electron chi connectivity index (χ1n) is 12.4. The zero-order valence-corrected chi connectivity index (χ0v) is 21.5. The van der Waals surface area contributed by atoms with Gasteiger partial charge >= 0.3 is 5.97 Å². The van der Waals surface area contributed by atoms with E-state index < -0.39 is 5.54 Å². The maximum Gasteiger partial charge on any atom is 0.334 e. The van der Waals surface area contributed by atoms with Gasteiger partial charge < -0.3 is 15.8 Å². The fourth-order valence-corrected chi connectivity index (χ4v) is 5.67. The summed E-state index contributed by atoms with van der Waals surface area (Å²) in [6.07, 6.45) is 2.22. The monoisotopic (exact) mass is 507 g/mol. The number of ether oxygens (including phenoxy) is 1. The predicted molar refractivity (Wildman–Crippen MR) is 152 cm³/mol. The molecule has 0 unspecified atom stereocenters. The van der Waals surface area contributed by atoms with Crippen LogP contribution in [0.1, 0.15) is 39.8 Å². The highest BCUT2D eigenvalue weighted by Gasteiger charge is 2.37. The Labute approximate surface area is 221 Å². The third-order valence-electron chi connectivity index (χ3n) is 6.37. The number of thiophene rings is 1. The van der Waals surface area contributed by atoms with Crippen molar-refractivity contribution >= 4 is 34.9 Å². The van der Waals surface area contributed by atoms with Crippen molar-refractivity contribution < 1.29 is 9.53 Å². The summed E-state index contributed by atoms with van der Waals surface area (Å²) in [4.78, 5) is 20.4. The Morgan fingerprint density at radius 2 is 1.49 bits per heavy atom. The van der Waals surface area contributed by atoms with E-state index in [0.717, 1.165) is 32.1 Å². The molecule has 0 amide bonds. The van der Waals surface area contributed by atoms with Crippen LogP contribution in [-0.4, -0.2) is 18.4 Å². The van der Waals surface area contributed by atoms with E-state index in [1.54, 1.807) is 11.3 Å². The third kappa shape index (κ3) is 4.99. The molecule has 3 N–H and O–H groups in total. The number of benzene rings is 3. The number of fused-ring (bicyclic) bond motifs is 1. The third-order valence-corrected chi connectivity index (χ3v) is 7.47. The molecule has 0 atom stereocenters. The van der Waals surface area contributed by atoms with Crippen LogP contribution in [0.2, 0.25) is 0 Å². The summed E-state index contributed by atoms with van der Waals surface area (Å²) in [5.41, 5.74) is 9.64. The Morgan fingerprint density at radius 3 is 1.97 bits per heavy atom. The van der Waals surface area contributed by atoms with Crippen molar-refractivity contribution in [2.24, 2.45) is 10.7 Å². The smallest absolute Gasteiger partial charge is 0.334 e. The van der Waals surface area contributed by atoms with E-state index in [-0.39, 0.29) is 5.97 Å². The van der Waals surface area contributed by atoms with Gasteiger partial charge in [-0.15, -0.1) is 11.3 Å². The van der Waals surface area contributed by atoms with Crippen LogP contribution >= 0.6 is 11.3 Å². The molecule has 0 radical (unpaired) electrons. The van der Waals surface area contributed by atoms with Crippen molar-refractivity contribution in [1.29, 1.82) is 0 Å². The number of hydrogen-bond acceptors (Lipinski definition) is 5. The van der Waals surface area contributed by atoms with Gasteiger partial charge in [0.2, 0.25) is 0 Å². The van der Waals surface area contributed by atoms with Crippen molar-refractivity contribution in [3.8, 4) is 0 Å². The van der Waals surface area contributed by atoms with Crippen molar-refractivity contribution in [1.82, 2.24) is 0 Å². The van der Waals surface area contributed by atoms with E-state index in [1.165, 1.54) is 0 Å². The summed E-state index contributed by atoms with van der Waals surface area (Å²) < 4.78 is 5.41. The van der Waals surface area contributed by atoms with Gasteiger partial charge in [-0.05, 0) is 35.8 Å². The van der Waals surface area contributed by atoms with Gasteiger partial charge in [0, 0.05) is 23.4 Å². The second kappa shape index (κ2) is 10.9. The van der Waals surface area contributed by atoms with Crippen molar-refractivity contribution in [3.63, 3.8) is 0 Å². The second-order valence-electron chi connectivity index (χ2n) is 8.75. The molecule has 4 aromatic rings. The molecule has 0 saturated carbocycles. The first-order chi connectivity index (χ1) is 18.1. The molecule has 0 fully saturated rings. The van der Waals surface area contributed by atoms with Crippen LogP contribution < -0.4 is 11.1 Å². The summed E-state index contributed by atoms with van der Waals surface area (Å²) in [5.74, 6) is 0.341. The topological polar surface area (TPSA) is 76.7 Å². The van der Waals surface area contributed by atoms with Gasteiger partial charge in [-0.25, -0.2) is 4.79 Å². The molecule has 0 spiro atoms. The van der Waals surface area contributed by atoms with Crippen LogP contribution in [0.4, 0.5) is 5.69 Å². The SMILES string of the molecule is CCOC(=O)C1=Cc2sc(CN)cc2NC(=NC(c2ccccc2)(c2ccccc2)c2ccccc2)C1. The van der Waals surface area contributed by atoms with Gasteiger partial charge in [0.15, 0.2) is 0 Å². The Balaban J connectivity index is 1.76. The highest BCUT2D eigenvalue weighted by Crippen LogP contribution is 2.42. The van der Waals surface area contributed by atoms with Crippen LogP contribution in [0, 0.1) is 0 Å². The fourth-order valence-electron chi connectivity index (χ4n) is 4.71. The summed E-state index contributed by atoms with van der Waals surface area (Å²) in [6.45, 7) is 2.55. The minimum absolute atomic E-state index is 0.309. The molecule has 1 aliphatic rings. The van der Waals surface area contributed by atoms with Crippen LogP contribution in [0.5, 0.6) is 0 Å². The number of carbonyl (C=O) groups is 1. The molecule has 0 saturated heterocycles. The summed E-state index contributed by atoms with van der Waals surface area (Å²) >= 11 is 1.57. The number of amidine groups is 1. The van der Waals surface area contributed by atoms with E-state index in [1.807, 2.05) is 73.7 Å².